The molecule has 1 amide bonds. The van der Waals surface area contributed by atoms with E-state index in [1.807, 2.05) is 13.8 Å². The summed E-state index contributed by atoms with van der Waals surface area (Å²) in [5.41, 5.74) is 0. The number of nitrogens with one attached hydrogen (secondary N) is 1. The molecule has 1 atom stereocenters. The predicted molar refractivity (Wildman–Crippen MR) is 71.5 cm³/mol. The van der Waals surface area contributed by atoms with Crippen LogP contribution in [0.3, 0.4) is 0 Å². The maximum atomic E-state index is 11.7. The number of carbonyl (C=O) groups excluding carboxylic acids is 1. The Morgan fingerprint density at radius 1 is 1.61 bits per heavy atom. The number of aliphatic carboxylic acids is 1. The van der Waals surface area contributed by atoms with E-state index < -0.39 is 5.97 Å². The molecule has 0 aliphatic heterocycles. The normalized spacial score (nSPS) is 12.6. The number of nitrogens with zero attached hydrogens (tertiary/aromatic N) is 1. The Kier molecular flexibility index (Phi) is 5.51. The van der Waals surface area contributed by atoms with Gasteiger partial charge >= 0.3 is 5.97 Å². The quantitative estimate of drug-likeness (QED) is 0.777. The molecule has 0 aliphatic carbocycles. The Bertz CT molecular complexity index is 454. The first kappa shape index (κ1) is 14.4. The molecule has 1 unspecified atom stereocenters. The van der Waals surface area contributed by atoms with Gasteiger partial charge in [0.1, 0.15) is 0 Å². The topological polar surface area (TPSA) is 79.3 Å². The molecule has 0 saturated heterocycles. The lowest BCUT2D eigenvalue weighted by molar-refractivity contribution is -0.131. The third-order valence-corrected chi connectivity index (χ3v) is 3.19. The van der Waals surface area contributed by atoms with E-state index in [0.29, 0.717) is 10.0 Å². The lowest BCUT2D eigenvalue weighted by atomic mass is 10.1. The molecule has 0 aliphatic rings. The Morgan fingerprint density at radius 3 is 2.94 bits per heavy atom. The molecule has 0 radical (unpaired) electrons. The standard InChI is InChI=1S/C12H16N2O3S/c1-3-4-8(2)11(17)14-12-13-7-9(18-12)5-6-10(15)16/h5-8H,3-4H2,1-2H3,(H,15,16)(H,13,14,17). The van der Waals surface area contributed by atoms with Crippen molar-refractivity contribution in [3.8, 4) is 0 Å². The molecule has 0 bridgehead atoms. The number of carboxylic acid groups (broad SMARTS) is 1. The number of hydrogen-bond donors (Lipinski definition) is 2. The van der Waals surface area contributed by atoms with Crippen LogP contribution >= 0.6 is 11.3 Å². The van der Waals surface area contributed by atoms with Crippen LogP contribution in [0.4, 0.5) is 5.13 Å². The van der Waals surface area contributed by atoms with Gasteiger partial charge in [-0.05, 0) is 12.5 Å². The van der Waals surface area contributed by atoms with Gasteiger partial charge in [0, 0.05) is 23.1 Å². The van der Waals surface area contributed by atoms with Crippen molar-refractivity contribution in [3.05, 3.63) is 17.2 Å². The fourth-order valence-electron chi connectivity index (χ4n) is 1.37. The maximum Gasteiger partial charge on any atom is 0.328 e. The molecule has 1 rings (SSSR count). The van der Waals surface area contributed by atoms with Gasteiger partial charge in [-0.15, -0.1) is 0 Å². The number of aromatic nitrogens is 1. The maximum absolute atomic E-state index is 11.7. The van der Waals surface area contributed by atoms with Gasteiger partial charge in [-0.1, -0.05) is 31.6 Å². The van der Waals surface area contributed by atoms with E-state index in [0.717, 1.165) is 18.9 Å². The summed E-state index contributed by atoms with van der Waals surface area (Å²) in [7, 11) is 0. The van der Waals surface area contributed by atoms with Crippen molar-refractivity contribution in [1.82, 2.24) is 4.98 Å². The average molecular weight is 268 g/mol. The van der Waals surface area contributed by atoms with Crippen LogP contribution in [0.2, 0.25) is 0 Å². The molecule has 5 nitrogen and oxygen atoms in total. The van der Waals surface area contributed by atoms with E-state index in [1.165, 1.54) is 23.6 Å². The molecule has 18 heavy (non-hydrogen) atoms. The van der Waals surface area contributed by atoms with Gasteiger partial charge in [0.2, 0.25) is 5.91 Å². The van der Waals surface area contributed by atoms with Crippen LogP contribution in [0.25, 0.3) is 6.08 Å². The Morgan fingerprint density at radius 2 is 2.33 bits per heavy atom. The van der Waals surface area contributed by atoms with Crippen molar-refractivity contribution in [2.24, 2.45) is 5.92 Å². The monoisotopic (exact) mass is 268 g/mol. The van der Waals surface area contributed by atoms with Gasteiger partial charge in [-0.25, -0.2) is 9.78 Å². The van der Waals surface area contributed by atoms with Crippen LogP contribution in [-0.2, 0) is 9.59 Å². The highest BCUT2D eigenvalue weighted by molar-refractivity contribution is 7.16. The Hall–Kier alpha value is -1.69. The SMILES string of the molecule is CCCC(C)C(=O)Nc1ncc(C=CC(=O)O)s1. The zero-order chi connectivity index (χ0) is 13.5. The van der Waals surface area contributed by atoms with Crippen LogP contribution in [0, 0.1) is 5.92 Å². The van der Waals surface area contributed by atoms with E-state index >= 15 is 0 Å². The van der Waals surface area contributed by atoms with E-state index in [1.54, 1.807) is 0 Å². The minimum absolute atomic E-state index is 0.0445. The van der Waals surface area contributed by atoms with E-state index in [4.69, 9.17) is 5.11 Å². The molecule has 0 saturated carbocycles. The molecular formula is C12H16N2O3S. The summed E-state index contributed by atoms with van der Waals surface area (Å²) in [4.78, 5) is 26.8. The van der Waals surface area contributed by atoms with Crippen molar-refractivity contribution in [2.75, 3.05) is 5.32 Å². The van der Waals surface area contributed by atoms with Crippen LogP contribution in [0.1, 0.15) is 31.6 Å². The molecule has 1 aromatic heterocycles. The molecule has 0 aromatic carbocycles. The Balaban J connectivity index is 2.58. The number of carbonyl (C=O) groups is 2. The van der Waals surface area contributed by atoms with Crippen molar-refractivity contribution < 1.29 is 14.7 Å². The molecule has 6 heteroatoms. The second kappa shape index (κ2) is 6.90. The second-order valence-electron chi connectivity index (χ2n) is 3.92. The third kappa shape index (κ3) is 4.67. The van der Waals surface area contributed by atoms with Crippen LogP contribution in [0.5, 0.6) is 0 Å². The number of thiazole rings is 1. The second-order valence-corrected chi connectivity index (χ2v) is 4.98. The number of rotatable bonds is 6. The predicted octanol–water partition coefficient (Wildman–Crippen LogP) is 2.62. The molecule has 2 N–H and O–H groups in total. The molecule has 0 spiro atoms. The summed E-state index contributed by atoms with van der Waals surface area (Å²) in [5.74, 6) is -1.11. The molecule has 1 heterocycles. The minimum Gasteiger partial charge on any atom is -0.478 e. The summed E-state index contributed by atoms with van der Waals surface area (Å²) in [5, 5.41) is 11.7. The van der Waals surface area contributed by atoms with E-state index in [-0.39, 0.29) is 11.8 Å². The summed E-state index contributed by atoms with van der Waals surface area (Å²) >= 11 is 1.25. The molecule has 0 fully saturated rings. The van der Waals surface area contributed by atoms with Gasteiger partial charge in [0.15, 0.2) is 5.13 Å². The molecule has 98 valence electrons. The largest absolute Gasteiger partial charge is 0.478 e. The highest BCUT2D eigenvalue weighted by Crippen LogP contribution is 2.20. The van der Waals surface area contributed by atoms with Crippen LogP contribution in [-0.4, -0.2) is 22.0 Å². The zero-order valence-electron chi connectivity index (χ0n) is 10.3. The number of hydrogen-bond acceptors (Lipinski definition) is 4. The first-order valence-corrected chi connectivity index (χ1v) is 6.52. The smallest absolute Gasteiger partial charge is 0.328 e. The first-order chi connectivity index (χ1) is 8.52. The molecule has 1 aromatic rings. The lowest BCUT2D eigenvalue weighted by Crippen LogP contribution is -2.19. The fraction of sp³-hybridized carbons (Fsp3) is 0.417. The zero-order valence-corrected chi connectivity index (χ0v) is 11.2. The average Bonchev–Trinajstić information content (AvgIpc) is 2.74. The van der Waals surface area contributed by atoms with Crippen molar-refractivity contribution >= 4 is 34.4 Å². The highest BCUT2D eigenvalue weighted by atomic mass is 32.1. The molecular weight excluding hydrogens is 252 g/mol. The fourth-order valence-corrected chi connectivity index (χ4v) is 2.09. The van der Waals surface area contributed by atoms with Crippen molar-refractivity contribution in [2.45, 2.75) is 26.7 Å². The number of anilines is 1. The van der Waals surface area contributed by atoms with Gasteiger partial charge in [-0.2, -0.15) is 0 Å². The summed E-state index contributed by atoms with van der Waals surface area (Å²) in [6, 6.07) is 0. The van der Waals surface area contributed by atoms with E-state index in [9.17, 15) is 9.59 Å². The number of carboxylic acids is 1. The van der Waals surface area contributed by atoms with Gasteiger partial charge in [0.05, 0.1) is 0 Å². The van der Waals surface area contributed by atoms with Crippen LogP contribution in [0.15, 0.2) is 12.3 Å². The summed E-state index contributed by atoms with van der Waals surface area (Å²) in [6.45, 7) is 3.90. The Labute approximate surface area is 110 Å². The van der Waals surface area contributed by atoms with Gasteiger partial charge in [-0.3, -0.25) is 4.79 Å². The van der Waals surface area contributed by atoms with E-state index in [2.05, 4.69) is 10.3 Å². The minimum atomic E-state index is -1.01. The summed E-state index contributed by atoms with van der Waals surface area (Å²) in [6.07, 6.45) is 5.82. The van der Waals surface area contributed by atoms with Gasteiger partial charge in [0.25, 0.3) is 0 Å². The van der Waals surface area contributed by atoms with Gasteiger partial charge < -0.3 is 10.4 Å². The summed E-state index contributed by atoms with van der Waals surface area (Å²) < 4.78 is 0. The number of amides is 1. The van der Waals surface area contributed by atoms with Crippen molar-refractivity contribution in [3.63, 3.8) is 0 Å². The first-order valence-electron chi connectivity index (χ1n) is 5.70. The lowest BCUT2D eigenvalue weighted by Gasteiger charge is -2.08. The third-order valence-electron chi connectivity index (χ3n) is 2.31. The van der Waals surface area contributed by atoms with Crippen LogP contribution < -0.4 is 5.32 Å². The van der Waals surface area contributed by atoms with Crippen molar-refractivity contribution in [1.29, 1.82) is 0 Å². The highest BCUT2D eigenvalue weighted by Gasteiger charge is 2.13.